The quantitative estimate of drug-likeness (QED) is 0.789. The lowest BCUT2D eigenvalue weighted by molar-refractivity contribution is -0.156. The van der Waals surface area contributed by atoms with E-state index < -0.39 is 17.2 Å². The predicted octanol–water partition coefficient (Wildman–Crippen LogP) is 2.80. The highest BCUT2D eigenvalue weighted by atomic mass is 19.3. The van der Waals surface area contributed by atoms with Gasteiger partial charge in [0.25, 0.3) is 11.8 Å². The third kappa shape index (κ3) is 1.98. The molecule has 2 aliphatic heterocycles. The molecule has 2 saturated heterocycles. The van der Waals surface area contributed by atoms with Crippen LogP contribution in [0.2, 0.25) is 0 Å². The molecule has 0 bridgehead atoms. The van der Waals surface area contributed by atoms with Gasteiger partial charge in [-0.1, -0.05) is 0 Å². The third-order valence-corrected chi connectivity index (χ3v) is 4.67. The summed E-state index contributed by atoms with van der Waals surface area (Å²) < 4.78 is 27.8. The van der Waals surface area contributed by atoms with Gasteiger partial charge in [-0.05, 0) is 25.0 Å². The van der Waals surface area contributed by atoms with Gasteiger partial charge in [-0.3, -0.25) is 14.8 Å². The van der Waals surface area contributed by atoms with Gasteiger partial charge in [0.15, 0.2) is 0 Å². The van der Waals surface area contributed by atoms with Crippen LogP contribution in [0.1, 0.15) is 31.9 Å². The second-order valence-corrected chi connectivity index (χ2v) is 6.15. The molecule has 3 rings (SSSR count). The topological polar surface area (TPSA) is 40.8 Å². The molecule has 1 unspecified atom stereocenters. The van der Waals surface area contributed by atoms with E-state index in [2.05, 4.69) is 9.83 Å². The Balaban J connectivity index is 1.95. The van der Waals surface area contributed by atoms with Crippen LogP contribution in [0.15, 0.2) is 18.5 Å². The van der Waals surface area contributed by atoms with Crippen LogP contribution in [0, 0.1) is 12.0 Å². The Morgan fingerprint density at radius 2 is 2.23 bits per heavy atom. The van der Waals surface area contributed by atoms with Crippen LogP contribution in [0.4, 0.5) is 14.5 Å². The number of hydrogen-bond acceptors (Lipinski definition) is 3. The number of nitrogens with zero attached hydrogens (tertiary/aromatic N) is 4. The van der Waals surface area contributed by atoms with Gasteiger partial charge in [0.05, 0.1) is 12.6 Å². The van der Waals surface area contributed by atoms with E-state index in [9.17, 15) is 13.6 Å². The number of aromatic nitrogens is 1. The van der Waals surface area contributed by atoms with E-state index in [1.165, 1.54) is 18.1 Å². The molecule has 2 aliphatic rings. The summed E-state index contributed by atoms with van der Waals surface area (Å²) >= 11 is 0. The van der Waals surface area contributed by atoms with E-state index in [-0.39, 0.29) is 12.6 Å². The first-order valence-electron chi connectivity index (χ1n) is 7.07. The number of alkyl halides is 2. The minimum atomic E-state index is -3.09. The number of halogens is 2. The maximum Gasteiger partial charge on any atom is 0.260 e. The molecular weight excluding hydrogens is 290 g/mol. The van der Waals surface area contributed by atoms with E-state index in [0.717, 1.165) is 6.92 Å². The Morgan fingerprint density at radius 1 is 1.50 bits per heavy atom. The molecular formula is C15H16F2N4O. The highest BCUT2D eigenvalue weighted by molar-refractivity contribution is 5.86. The first kappa shape index (κ1) is 14.9. The summed E-state index contributed by atoms with van der Waals surface area (Å²) in [7, 11) is 0. The van der Waals surface area contributed by atoms with Crippen molar-refractivity contribution >= 4 is 11.6 Å². The fourth-order valence-corrected chi connectivity index (χ4v) is 3.13. The normalized spacial score (nSPS) is 28.8. The number of amides is 1. The zero-order valence-electron chi connectivity index (χ0n) is 12.4. The Kier molecular flexibility index (Phi) is 3.18. The summed E-state index contributed by atoms with van der Waals surface area (Å²) in [6, 6.07) is 1.34. The molecule has 5 nitrogen and oxygen atoms in total. The van der Waals surface area contributed by atoms with Gasteiger partial charge in [-0.15, -0.1) is 0 Å². The Bertz CT molecular complexity index is 666. The van der Waals surface area contributed by atoms with E-state index >= 15 is 0 Å². The van der Waals surface area contributed by atoms with Crippen molar-refractivity contribution < 1.29 is 13.6 Å². The minimum Gasteiger partial charge on any atom is -0.276 e. The lowest BCUT2D eigenvalue weighted by Gasteiger charge is -2.30. The number of rotatable bonds is 2. The fraction of sp³-hybridized carbons (Fsp3) is 0.533. The van der Waals surface area contributed by atoms with Gasteiger partial charge >= 0.3 is 0 Å². The highest BCUT2D eigenvalue weighted by Gasteiger charge is 2.62. The smallest absolute Gasteiger partial charge is 0.260 e. The average Bonchev–Trinajstić information content (AvgIpc) is 2.98. The molecule has 1 amide bonds. The van der Waals surface area contributed by atoms with Crippen LogP contribution < -0.4 is 0 Å². The molecule has 0 N–H and O–H groups in total. The zero-order chi connectivity index (χ0) is 16.1. The van der Waals surface area contributed by atoms with Crippen LogP contribution in [-0.4, -0.2) is 39.9 Å². The van der Waals surface area contributed by atoms with E-state index in [1.807, 2.05) is 0 Å². The molecule has 116 valence electrons. The zero-order valence-corrected chi connectivity index (χ0v) is 12.4. The summed E-state index contributed by atoms with van der Waals surface area (Å²) in [5, 5.41) is 3.12. The second kappa shape index (κ2) is 4.71. The van der Waals surface area contributed by atoms with Crippen molar-refractivity contribution in [2.45, 2.75) is 32.2 Å². The van der Waals surface area contributed by atoms with Gasteiger partial charge in [-0.25, -0.2) is 18.6 Å². The molecule has 0 radical (unpaired) electrons. The van der Waals surface area contributed by atoms with Crippen LogP contribution in [0.5, 0.6) is 0 Å². The molecule has 0 spiro atoms. The molecule has 1 aromatic heterocycles. The van der Waals surface area contributed by atoms with E-state index in [4.69, 9.17) is 6.57 Å². The lowest BCUT2D eigenvalue weighted by Crippen LogP contribution is -2.45. The molecule has 0 saturated carbocycles. The largest absolute Gasteiger partial charge is 0.276 e. The number of fused-ring (bicyclic) bond motifs is 1. The SMILES string of the molecule is [C-]#[N+]c1cncc([C@@H]2CCN3CC(C)(C(C)(F)F)C(=O)N23)c1. The van der Waals surface area contributed by atoms with Crippen molar-refractivity contribution in [2.75, 3.05) is 13.1 Å². The molecule has 22 heavy (non-hydrogen) atoms. The van der Waals surface area contributed by atoms with Gasteiger partial charge in [-0.2, -0.15) is 0 Å². The van der Waals surface area contributed by atoms with Crippen molar-refractivity contribution in [1.29, 1.82) is 0 Å². The predicted molar refractivity (Wildman–Crippen MR) is 75.0 cm³/mol. The van der Waals surface area contributed by atoms with Crippen molar-refractivity contribution in [1.82, 2.24) is 15.0 Å². The molecule has 2 fully saturated rings. The Hall–Kier alpha value is -2.07. The molecule has 3 heterocycles. The highest BCUT2D eigenvalue weighted by Crippen LogP contribution is 2.48. The van der Waals surface area contributed by atoms with Crippen LogP contribution in [0.25, 0.3) is 4.85 Å². The Morgan fingerprint density at radius 3 is 2.86 bits per heavy atom. The van der Waals surface area contributed by atoms with Gasteiger partial charge in [0, 0.05) is 32.4 Å². The monoisotopic (exact) mass is 306 g/mol. The Labute approximate surface area is 127 Å². The maximum absolute atomic E-state index is 13.9. The number of hydrogen-bond donors (Lipinski definition) is 0. The standard InChI is InChI=1S/C15H16F2N4O/c1-14(15(2,16)17)9-20-5-4-12(21(20)13(14)22)10-6-11(18-3)8-19-7-10/h6-8,12H,4-5,9H2,1-2H3/t12-,14?/m0/s1. The summed E-state index contributed by atoms with van der Waals surface area (Å²) in [6.07, 6.45) is 3.69. The number of carbonyl (C=O) groups is 1. The van der Waals surface area contributed by atoms with Gasteiger partial charge in [0.1, 0.15) is 5.41 Å². The second-order valence-electron chi connectivity index (χ2n) is 6.15. The summed E-state index contributed by atoms with van der Waals surface area (Å²) in [6.45, 7) is 9.71. The van der Waals surface area contributed by atoms with E-state index in [0.29, 0.717) is 24.2 Å². The van der Waals surface area contributed by atoms with E-state index in [1.54, 1.807) is 17.3 Å². The summed E-state index contributed by atoms with van der Waals surface area (Å²) in [4.78, 5) is 19.9. The van der Waals surface area contributed by atoms with Crippen molar-refractivity contribution in [3.63, 3.8) is 0 Å². The molecule has 7 heteroatoms. The fourth-order valence-electron chi connectivity index (χ4n) is 3.13. The lowest BCUT2D eigenvalue weighted by atomic mass is 9.83. The molecule has 0 aliphatic carbocycles. The maximum atomic E-state index is 13.9. The first-order valence-corrected chi connectivity index (χ1v) is 7.07. The van der Waals surface area contributed by atoms with Crippen molar-refractivity contribution in [2.24, 2.45) is 5.41 Å². The minimum absolute atomic E-state index is 0.0156. The first-order chi connectivity index (χ1) is 10.3. The number of carbonyl (C=O) groups excluding carboxylic acids is 1. The average molecular weight is 306 g/mol. The van der Waals surface area contributed by atoms with Crippen molar-refractivity contribution in [3.05, 3.63) is 35.4 Å². The summed E-state index contributed by atoms with van der Waals surface area (Å²) in [5.74, 6) is -3.65. The summed E-state index contributed by atoms with van der Waals surface area (Å²) in [5.41, 5.74) is -0.615. The third-order valence-electron chi connectivity index (χ3n) is 4.67. The van der Waals surface area contributed by atoms with Gasteiger partial charge < -0.3 is 0 Å². The molecule has 2 atom stereocenters. The molecule has 0 aromatic carbocycles. The van der Waals surface area contributed by atoms with Gasteiger partial charge in [0.2, 0.25) is 5.69 Å². The molecule has 1 aromatic rings. The van der Waals surface area contributed by atoms with Crippen LogP contribution in [0.3, 0.4) is 0 Å². The van der Waals surface area contributed by atoms with Crippen LogP contribution >= 0.6 is 0 Å². The van der Waals surface area contributed by atoms with Crippen molar-refractivity contribution in [3.8, 4) is 0 Å². The number of pyridine rings is 1. The van der Waals surface area contributed by atoms with Crippen LogP contribution in [-0.2, 0) is 4.79 Å². The number of hydrazine groups is 1.